The zero-order chi connectivity index (χ0) is 6.85. The van der Waals surface area contributed by atoms with Gasteiger partial charge in [-0.1, -0.05) is 6.92 Å². The molecule has 9 heavy (non-hydrogen) atoms. The Bertz CT molecular complexity index is 126. The molecule has 1 rings (SSSR count). The lowest BCUT2D eigenvalue weighted by molar-refractivity contribution is -0.117. The number of rotatable bonds is 1. The lowest BCUT2D eigenvalue weighted by Gasteiger charge is -2.09. The van der Waals surface area contributed by atoms with Gasteiger partial charge in [-0.15, -0.1) is 11.8 Å². The summed E-state index contributed by atoms with van der Waals surface area (Å²) >= 11 is 1.73. The van der Waals surface area contributed by atoms with Crippen LogP contribution in [-0.2, 0) is 4.79 Å². The molecule has 2 nitrogen and oxygen atoms in total. The predicted molar refractivity (Wildman–Crippen MR) is 39.8 cm³/mol. The summed E-state index contributed by atoms with van der Waals surface area (Å²) in [6.07, 6.45) is 0. The third-order valence-electron chi connectivity index (χ3n) is 1.62. The van der Waals surface area contributed by atoms with Crippen molar-refractivity contribution in [2.24, 2.45) is 0 Å². The van der Waals surface area contributed by atoms with Crippen LogP contribution in [0.2, 0.25) is 0 Å². The molecule has 1 aliphatic rings. The fraction of sp³-hybridized carbons (Fsp3) is 0.833. The van der Waals surface area contributed by atoms with Gasteiger partial charge in [0.1, 0.15) is 0 Å². The minimum absolute atomic E-state index is 0.106. The van der Waals surface area contributed by atoms with Gasteiger partial charge in [0.2, 0.25) is 0 Å². The smallest absolute Gasteiger partial charge is 0.160 e. The molecule has 0 saturated carbocycles. The zero-order valence-corrected chi connectivity index (χ0v) is 6.49. The van der Waals surface area contributed by atoms with Gasteiger partial charge in [0.15, 0.2) is 5.78 Å². The average Bonchev–Trinajstić information content (AvgIpc) is 2.12. The van der Waals surface area contributed by atoms with Crippen LogP contribution in [-0.4, -0.2) is 29.9 Å². The number of nitrogens with one attached hydrogen (secondary N) is 1. The number of carbonyl (C=O) groups excluding carboxylic acids is 1. The second-order valence-electron chi connectivity index (χ2n) is 2.25. The van der Waals surface area contributed by atoms with Gasteiger partial charge in [0.05, 0.1) is 11.8 Å². The van der Waals surface area contributed by atoms with Crippen LogP contribution in [0.15, 0.2) is 0 Å². The Hall–Kier alpha value is -0.0200. The van der Waals surface area contributed by atoms with Crippen molar-refractivity contribution in [3.05, 3.63) is 0 Å². The molecular weight excluding hydrogens is 134 g/mol. The SMILES string of the molecule is CN[C@@H]1C(=O)CS[C@H]1C. The van der Waals surface area contributed by atoms with Crippen molar-refractivity contribution in [3.63, 3.8) is 0 Å². The van der Waals surface area contributed by atoms with E-state index in [0.29, 0.717) is 16.8 Å². The summed E-state index contributed by atoms with van der Waals surface area (Å²) < 4.78 is 0. The zero-order valence-electron chi connectivity index (χ0n) is 5.68. The van der Waals surface area contributed by atoms with Crippen molar-refractivity contribution >= 4 is 17.5 Å². The summed E-state index contributed by atoms with van der Waals surface area (Å²) in [5.41, 5.74) is 0. The molecular formula is C6H11NOS. The highest BCUT2D eigenvalue weighted by atomic mass is 32.2. The molecule has 0 aromatic carbocycles. The van der Waals surface area contributed by atoms with Crippen molar-refractivity contribution in [2.45, 2.75) is 18.2 Å². The highest BCUT2D eigenvalue weighted by molar-refractivity contribution is 8.01. The second kappa shape index (κ2) is 2.71. The Balaban J connectivity index is 2.55. The van der Waals surface area contributed by atoms with E-state index in [1.54, 1.807) is 11.8 Å². The largest absolute Gasteiger partial charge is 0.310 e. The normalized spacial score (nSPS) is 35.6. The van der Waals surface area contributed by atoms with Crippen molar-refractivity contribution in [3.8, 4) is 0 Å². The minimum atomic E-state index is 0.106. The molecule has 2 atom stereocenters. The van der Waals surface area contributed by atoms with E-state index in [4.69, 9.17) is 0 Å². The third-order valence-corrected chi connectivity index (χ3v) is 2.86. The molecule has 1 aliphatic heterocycles. The monoisotopic (exact) mass is 145 g/mol. The molecule has 1 saturated heterocycles. The molecule has 0 aromatic rings. The lowest BCUT2D eigenvalue weighted by Crippen LogP contribution is -2.36. The summed E-state index contributed by atoms with van der Waals surface area (Å²) in [6, 6.07) is 0.106. The van der Waals surface area contributed by atoms with Crippen molar-refractivity contribution in [1.29, 1.82) is 0 Å². The first-order valence-electron chi connectivity index (χ1n) is 3.07. The molecule has 0 spiro atoms. The molecule has 52 valence electrons. The van der Waals surface area contributed by atoms with E-state index in [0.717, 1.165) is 0 Å². The maximum Gasteiger partial charge on any atom is 0.160 e. The Labute approximate surface area is 59.4 Å². The van der Waals surface area contributed by atoms with Crippen LogP contribution in [0.1, 0.15) is 6.92 Å². The molecule has 1 N–H and O–H groups in total. The minimum Gasteiger partial charge on any atom is -0.310 e. The van der Waals surface area contributed by atoms with Crippen LogP contribution < -0.4 is 5.32 Å². The van der Waals surface area contributed by atoms with Crippen molar-refractivity contribution in [1.82, 2.24) is 5.32 Å². The summed E-state index contributed by atoms with van der Waals surface area (Å²) in [6.45, 7) is 2.08. The van der Waals surface area contributed by atoms with Crippen LogP contribution in [0.25, 0.3) is 0 Å². The first-order chi connectivity index (χ1) is 4.25. The van der Waals surface area contributed by atoms with Gasteiger partial charge in [-0.25, -0.2) is 0 Å². The Morgan fingerprint density at radius 1 is 1.78 bits per heavy atom. The van der Waals surface area contributed by atoms with E-state index in [-0.39, 0.29) is 6.04 Å². The van der Waals surface area contributed by atoms with E-state index in [9.17, 15) is 4.79 Å². The molecule has 1 fully saturated rings. The fourth-order valence-electron chi connectivity index (χ4n) is 1.06. The van der Waals surface area contributed by atoms with Gasteiger partial charge in [0.25, 0.3) is 0 Å². The number of thioether (sulfide) groups is 1. The second-order valence-corrected chi connectivity index (χ2v) is 3.61. The lowest BCUT2D eigenvalue weighted by atomic mass is 10.1. The average molecular weight is 145 g/mol. The van der Waals surface area contributed by atoms with Gasteiger partial charge >= 0.3 is 0 Å². The first-order valence-corrected chi connectivity index (χ1v) is 4.12. The van der Waals surface area contributed by atoms with E-state index < -0.39 is 0 Å². The molecule has 0 unspecified atom stereocenters. The molecule has 1 heterocycles. The van der Waals surface area contributed by atoms with Crippen LogP contribution in [0.3, 0.4) is 0 Å². The van der Waals surface area contributed by atoms with Gasteiger partial charge < -0.3 is 5.32 Å². The maximum absolute atomic E-state index is 10.9. The number of hydrogen-bond donors (Lipinski definition) is 1. The third kappa shape index (κ3) is 1.27. The topological polar surface area (TPSA) is 29.1 Å². The summed E-state index contributed by atoms with van der Waals surface area (Å²) in [7, 11) is 1.84. The molecule has 0 aromatic heterocycles. The van der Waals surface area contributed by atoms with Gasteiger partial charge in [0, 0.05) is 5.25 Å². The summed E-state index contributed by atoms with van der Waals surface area (Å²) in [5.74, 6) is 1.03. The molecule has 0 aliphatic carbocycles. The first kappa shape index (κ1) is 7.09. The van der Waals surface area contributed by atoms with Crippen LogP contribution in [0, 0.1) is 0 Å². The quantitative estimate of drug-likeness (QED) is 0.574. The van der Waals surface area contributed by atoms with Crippen LogP contribution in [0.4, 0.5) is 0 Å². The summed E-state index contributed by atoms with van der Waals surface area (Å²) in [4.78, 5) is 10.9. The Morgan fingerprint density at radius 2 is 2.44 bits per heavy atom. The molecule has 0 amide bonds. The van der Waals surface area contributed by atoms with Gasteiger partial charge in [-0.05, 0) is 7.05 Å². The number of likely N-dealkylation sites (N-methyl/N-ethyl adjacent to an activating group) is 1. The number of ketones is 1. The van der Waals surface area contributed by atoms with Crippen LogP contribution >= 0.6 is 11.8 Å². The van der Waals surface area contributed by atoms with Crippen molar-refractivity contribution < 1.29 is 4.79 Å². The van der Waals surface area contributed by atoms with E-state index >= 15 is 0 Å². The van der Waals surface area contributed by atoms with E-state index in [1.165, 1.54) is 0 Å². The van der Waals surface area contributed by atoms with Gasteiger partial charge in [-0.3, -0.25) is 4.79 Å². The Kier molecular flexibility index (Phi) is 2.13. The molecule has 0 bridgehead atoms. The van der Waals surface area contributed by atoms with E-state index in [2.05, 4.69) is 12.2 Å². The van der Waals surface area contributed by atoms with Crippen LogP contribution in [0.5, 0.6) is 0 Å². The number of carbonyl (C=O) groups is 1. The molecule has 0 radical (unpaired) electrons. The number of Topliss-reactive ketones (excluding diaryl/α,β-unsaturated/α-hetero) is 1. The fourth-order valence-corrected chi connectivity index (χ4v) is 2.14. The standard InChI is InChI=1S/C6H11NOS/c1-4-6(7-2)5(8)3-9-4/h4,6-7H,3H2,1-2H3/t4-,6-/m0/s1. The Morgan fingerprint density at radius 3 is 2.67 bits per heavy atom. The molecule has 3 heteroatoms. The van der Waals surface area contributed by atoms with E-state index in [1.807, 2.05) is 7.05 Å². The maximum atomic E-state index is 10.9. The predicted octanol–water partition coefficient (Wildman–Crippen LogP) is 0.279. The van der Waals surface area contributed by atoms with Crippen molar-refractivity contribution in [2.75, 3.05) is 12.8 Å². The summed E-state index contributed by atoms with van der Waals surface area (Å²) in [5, 5.41) is 3.45. The van der Waals surface area contributed by atoms with Gasteiger partial charge in [-0.2, -0.15) is 0 Å². The number of hydrogen-bond acceptors (Lipinski definition) is 3. The highest BCUT2D eigenvalue weighted by Crippen LogP contribution is 2.22. The highest BCUT2D eigenvalue weighted by Gasteiger charge is 2.30.